The number of nitriles is 2. The van der Waals surface area contributed by atoms with E-state index in [9.17, 15) is 10.5 Å². The minimum absolute atomic E-state index is 0.792. The van der Waals surface area contributed by atoms with Crippen LogP contribution in [0, 0.1) is 22.7 Å². The van der Waals surface area contributed by atoms with E-state index in [2.05, 4.69) is 24.3 Å². The van der Waals surface area contributed by atoms with Gasteiger partial charge in [-0.15, -0.1) is 0 Å². The van der Waals surface area contributed by atoms with Crippen molar-refractivity contribution in [3.8, 4) is 17.9 Å². The van der Waals surface area contributed by atoms with Crippen LogP contribution in [0.2, 0.25) is 0 Å². The zero-order valence-corrected chi connectivity index (χ0v) is 20.0. The largest absolute Gasteiger partial charge is 0.497 e. The summed E-state index contributed by atoms with van der Waals surface area (Å²) in [4.78, 5) is 0. The molecule has 2 aliphatic rings. The number of rotatable bonds is 5. The summed E-state index contributed by atoms with van der Waals surface area (Å²) in [6, 6.07) is 22.4. The van der Waals surface area contributed by atoms with E-state index >= 15 is 0 Å². The van der Waals surface area contributed by atoms with Crippen molar-refractivity contribution in [1.29, 1.82) is 10.5 Å². The molecule has 0 radical (unpaired) electrons. The second-order valence-corrected chi connectivity index (χ2v) is 8.47. The van der Waals surface area contributed by atoms with E-state index in [1.54, 1.807) is 7.11 Å². The molecule has 34 heavy (non-hydrogen) atoms. The van der Waals surface area contributed by atoms with Crippen LogP contribution in [-0.4, -0.2) is 7.11 Å². The quantitative estimate of drug-likeness (QED) is 0.433. The van der Waals surface area contributed by atoms with Gasteiger partial charge in [-0.1, -0.05) is 54.6 Å². The molecular weight excluding hydrogens is 416 g/mol. The zero-order chi connectivity index (χ0) is 24.0. The molecule has 0 bridgehead atoms. The monoisotopic (exact) mass is 448 g/mol. The molecule has 0 saturated carbocycles. The Morgan fingerprint density at radius 1 is 0.706 bits per heavy atom. The van der Waals surface area contributed by atoms with Gasteiger partial charge in [0.05, 0.1) is 30.4 Å². The van der Waals surface area contributed by atoms with Crippen LogP contribution in [0.1, 0.15) is 62.5 Å². The minimum Gasteiger partial charge on any atom is -0.497 e. The third-order valence-corrected chi connectivity index (χ3v) is 6.05. The van der Waals surface area contributed by atoms with Gasteiger partial charge >= 0.3 is 0 Å². The Bertz CT molecular complexity index is 1140. The first kappa shape index (κ1) is 24.8. The van der Waals surface area contributed by atoms with Crippen LogP contribution in [0.25, 0.3) is 12.2 Å². The van der Waals surface area contributed by atoms with Crippen molar-refractivity contribution in [1.82, 2.24) is 0 Å². The SMILES string of the molecule is COc1ccc(/C=C(\C#N)C2=CCCCC2)cc1.N#C/C(=C\c1ccccc1)C1=CCCCC1. The molecule has 0 aliphatic heterocycles. The molecule has 3 heteroatoms. The molecule has 3 nitrogen and oxygen atoms in total. The summed E-state index contributed by atoms with van der Waals surface area (Å²) in [7, 11) is 1.65. The van der Waals surface area contributed by atoms with Crippen LogP contribution in [-0.2, 0) is 0 Å². The zero-order valence-electron chi connectivity index (χ0n) is 20.0. The fourth-order valence-corrected chi connectivity index (χ4v) is 4.14. The van der Waals surface area contributed by atoms with E-state index in [0.717, 1.165) is 53.7 Å². The van der Waals surface area contributed by atoms with Crippen LogP contribution in [0.5, 0.6) is 5.75 Å². The van der Waals surface area contributed by atoms with Gasteiger partial charge in [0.1, 0.15) is 5.75 Å². The second kappa shape index (κ2) is 13.7. The van der Waals surface area contributed by atoms with Gasteiger partial charge in [0.25, 0.3) is 0 Å². The highest BCUT2D eigenvalue weighted by Crippen LogP contribution is 2.26. The van der Waals surface area contributed by atoms with E-state index in [-0.39, 0.29) is 0 Å². The molecule has 0 aromatic heterocycles. The summed E-state index contributed by atoms with van der Waals surface area (Å²) >= 11 is 0. The van der Waals surface area contributed by atoms with Gasteiger partial charge in [-0.25, -0.2) is 0 Å². The van der Waals surface area contributed by atoms with E-state index < -0.39 is 0 Å². The molecule has 0 N–H and O–H groups in total. The molecule has 2 aromatic rings. The van der Waals surface area contributed by atoms with Crippen LogP contribution in [0.4, 0.5) is 0 Å². The summed E-state index contributed by atoms with van der Waals surface area (Å²) in [6.45, 7) is 0. The minimum atomic E-state index is 0.792. The summed E-state index contributed by atoms with van der Waals surface area (Å²) in [6.07, 6.45) is 17.5. The Morgan fingerprint density at radius 2 is 1.21 bits per heavy atom. The highest BCUT2D eigenvalue weighted by atomic mass is 16.5. The van der Waals surface area contributed by atoms with E-state index in [1.165, 1.54) is 36.8 Å². The normalized spacial score (nSPS) is 16.1. The van der Waals surface area contributed by atoms with E-state index in [1.807, 2.05) is 66.7 Å². The Kier molecular flexibility index (Phi) is 9.97. The molecule has 0 amide bonds. The first-order valence-electron chi connectivity index (χ1n) is 12.0. The Morgan fingerprint density at radius 3 is 1.62 bits per heavy atom. The summed E-state index contributed by atoms with van der Waals surface area (Å²) in [5, 5.41) is 18.4. The highest BCUT2D eigenvalue weighted by molar-refractivity contribution is 5.64. The third-order valence-electron chi connectivity index (χ3n) is 6.05. The average molecular weight is 449 g/mol. The molecule has 0 fully saturated rings. The lowest BCUT2D eigenvalue weighted by Gasteiger charge is -2.11. The molecule has 0 unspecified atom stereocenters. The standard InChI is InChI=1S/C16H17NO.C15H15N/c1-18-16-9-7-13(8-10-16)11-15(12-17)14-5-3-2-4-6-14;16-12-15(14-9-5-2-6-10-14)11-13-7-3-1-4-8-13/h5,7-11H,2-4,6H2,1H3;1,3-4,7-9,11H,2,5-6,10H2/b2*15-11+. The predicted octanol–water partition coefficient (Wildman–Crippen LogP) is 8.20. The van der Waals surface area contributed by atoms with Crippen molar-refractivity contribution < 1.29 is 4.74 Å². The lowest BCUT2D eigenvalue weighted by atomic mass is 9.93. The van der Waals surface area contributed by atoms with Crippen molar-refractivity contribution >= 4 is 12.2 Å². The van der Waals surface area contributed by atoms with Gasteiger partial charge < -0.3 is 4.74 Å². The molecule has 2 aromatic carbocycles. The second-order valence-electron chi connectivity index (χ2n) is 8.47. The number of allylic oxidation sites excluding steroid dienone is 6. The average Bonchev–Trinajstić information content (AvgIpc) is 2.92. The van der Waals surface area contributed by atoms with Crippen LogP contribution in [0.15, 0.2) is 89.0 Å². The van der Waals surface area contributed by atoms with Crippen LogP contribution in [0.3, 0.4) is 0 Å². The molecule has 4 rings (SSSR count). The topological polar surface area (TPSA) is 56.8 Å². The number of benzene rings is 2. The van der Waals surface area contributed by atoms with Crippen molar-refractivity contribution in [2.24, 2.45) is 0 Å². The van der Waals surface area contributed by atoms with Gasteiger partial charge in [0, 0.05) is 0 Å². The molecule has 172 valence electrons. The Labute approximate surface area is 204 Å². The van der Waals surface area contributed by atoms with E-state index in [4.69, 9.17) is 4.74 Å². The Balaban J connectivity index is 0.000000192. The van der Waals surface area contributed by atoms with Gasteiger partial charge in [0.15, 0.2) is 0 Å². The lowest BCUT2D eigenvalue weighted by molar-refractivity contribution is 0.415. The number of methoxy groups -OCH3 is 1. The van der Waals surface area contributed by atoms with Crippen molar-refractivity contribution in [3.05, 3.63) is 100 Å². The van der Waals surface area contributed by atoms with Crippen molar-refractivity contribution in [2.75, 3.05) is 7.11 Å². The number of hydrogen-bond acceptors (Lipinski definition) is 3. The van der Waals surface area contributed by atoms with Crippen molar-refractivity contribution in [3.63, 3.8) is 0 Å². The van der Waals surface area contributed by atoms with Gasteiger partial charge in [-0.3, -0.25) is 0 Å². The summed E-state index contributed by atoms with van der Waals surface area (Å²) < 4.78 is 5.12. The molecule has 0 spiro atoms. The highest BCUT2D eigenvalue weighted by Gasteiger charge is 2.09. The molecule has 0 atom stereocenters. The number of nitrogens with zero attached hydrogens (tertiary/aromatic N) is 2. The van der Waals surface area contributed by atoms with Crippen LogP contribution >= 0.6 is 0 Å². The summed E-state index contributed by atoms with van der Waals surface area (Å²) in [5.74, 6) is 0.836. The van der Waals surface area contributed by atoms with Crippen molar-refractivity contribution in [2.45, 2.75) is 51.4 Å². The third kappa shape index (κ3) is 7.65. The number of ether oxygens (including phenoxy) is 1. The maximum absolute atomic E-state index is 9.26. The van der Waals surface area contributed by atoms with Crippen LogP contribution < -0.4 is 4.74 Å². The summed E-state index contributed by atoms with van der Waals surface area (Å²) in [5.41, 5.74) is 6.17. The molecule has 2 aliphatic carbocycles. The maximum atomic E-state index is 9.26. The maximum Gasteiger partial charge on any atom is 0.118 e. The van der Waals surface area contributed by atoms with Gasteiger partial charge in [-0.2, -0.15) is 10.5 Å². The lowest BCUT2D eigenvalue weighted by Crippen LogP contribution is -1.94. The smallest absolute Gasteiger partial charge is 0.118 e. The molecule has 0 saturated heterocycles. The fourth-order valence-electron chi connectivity index (χ4n) is 4.14. The first-order valence-corrected chi connectivity index (χ1v) is 12.0. The van der Waals surface area contributed by atoms with Gasteiger partial charge in [0.2, 0.25) is 0 Å². The first-order chi connectivity index (χ1) is 16.7. The molecular formula is C31H32N2O. The van der Waals surface area contributed by atoms with Gasteiger partial charge in [-0.05, 0) is 97.9 Å². The number of hydrogen-bond donors (Lipinski definition) is 0. The predicted molar refractivity (Wildman–Crippen MR) is 140 cm³/mol. The molecule has 0 heterocycles. The van der Waals surface area contributed by atoms with E-state index in [0.29, 0.717) is 0 Å². The fraction of sp³-hybridized carbons (Fsp3) is 0.290. The Hall–Kier alpha value is -3.82.